The van der Waals surface area contributed by atoms with E-state index in [0.29, 0.717) is 16.9 Å². The fourth-order valence-corrected chi connectivity index (χ4v) is 4.27. The summed E-state index contributed by atoms with van der Waals surface area (Å²) in [5.74, 6) is -1.23. The van der Waals surface area contributed by atoms with Crippen molar-refractivity contribution in [3.05, 3.63) is 94.0 Å². The number of carbonyl (C=O) groups is 3. The van der Waals surface area contributed by atoms with Crippen molar-refractivity contribution < 1.29 is 14.4 Å². The first-order valence-corrected chi connectivity index (χ1v) is 11.2. The van der Waals surface area contributed by atoms with Gasteiger partial charge in [-0.3, -0.25) is 14.4 Å². The summed E-state index contributed by atoms with van der Waals surface area (Å²) in [7, 11) is 0. The fraction of sp³-hybridized carbons (Fsp3) is 0.214. The summed E-state index contributed by atoms with van der Waals surface area (Å²) in [6, 6.07) is 19.0. The molecule has 0 atom stereocenters. The normalized spacial score (nSPS) is 12.8. The highest BCUT2D eigenvalue weighted by molar-refractivity contribution is 6.37. The minimum Gasteiger partial charge on any atom is -0.322 e. The average molecular weight is 452 g/mol. The van der Waals surface area contributed by atoms with E-state index in [0.717, 1.165) is 11.1 Å². The minimum absolute atomic E-state index is 0.0946. The van der Waals surface area contributed by atoms with Crippen LogP contribution in [0.1, 0.15) is 87.3 Å². The number of hydrogen-bond acceptors (Lipinski definition) is 4. The lowest BCUT2D eigenvalue weighted by atomic mass is 9.92. The highest BCUT2D eigenvalue weighted by Crippen LogP contribution is 2.40. The lowest BCUT2D eigenvalue weighted by Crippen LogP contribution is -2.32. The third kappa shape index (κ3) is 3.86. The molecule has 0 unspecified atom stereocenters. The Bertz CT molecular complexity index is 1320. The summed E-state index contributed by atoms with van der Waals surface area (Å²) in [5, 5.41) is 11.7. The van der Waals surface area contributed by atoms with E-state index >= 15 is 0 Å². The quantitative estimate of drug-likeness (QED) is 0.492. The van der Waals surface area contributed by atoms with Gasteiger partial charge in [-0.1, -0.05) is 52.0 Å². The standard InChI is InChI=1S/C28H25N3O3/c1-16(2)20-7-5-8-21(17(3)4)25(20)31-27(33)23-10-6-9-22(24(23)28(31)34)26(32)30-19-13-11-18(15-29)12-14-19/h5-14,16-17H,1-4H3,(H,30,32). The lowest BCUT2D eigenvalue weighted by molar-refractivity contribution is 0.0919. The number of carbonyl (C=O) groups excluding carboxylic acids is 3. The molecule has 0 spiro atoms. The van der Waals surface area contributed by atoms with Gasteiger partial charge in [-0.15, -0.1) is 0 Å². The van der Waals surface area contributed by atoms with Crippen LogP contribution in [0.3, 0.4) is 0 Å². The van der Waals surface area contributed by atoms with Crippen LogP contribution in [0.2, 0.25) is 0 Å². The SMILES string of the molecule is CC(C)c1cccc(C(C)C)c1N1C(=O)c2cccc(C(=O)Nc3ccc(C#N)cc3)c2C1=O. The second kappa shape index (κ2) is 8.95. The first kappa shape index (κ1) is 22.9. The van der Waals surface area contributed by atoms with Crippen LogP contribution in [-0.2, 0) is 0 Å². The van der Waals surface area contributed by atoms with Gasteiger partial charge in [0.05, 0.1) is 34.0 Å². The van der Waals surface area contributed by atoms with Crippen molar-refractivity contribution in [2.45, 2.75) is 39.5 Å². The Labute approximate surface area is 198 Å². The van der Waals surface area contributed by atoms with E-state index in [2.05, 4.69) is 5.32 Å². The molecule has 170 valence electrons. The predicted octanol–water partition coefficient (Wildman–Crippen LogP) is 5.86. The van der Waals surface area contributed by atoms with Crippen LogP contribution in [0, 0.1) is 11.3 Å². The van der Waals surface area contributed by atoms with E-state index < -0.39 is 17.7 Å². The summed E-state index contributed by atoms with van der Waals surface area (Å²) in [5.41, 5.74) is 3.83. The number of amides is 3. The Morgan fingerprint density at radius 1 is 0.853 bits per heavy atom. The molecule has 4 rings (SSSR count). The molecule has 0 aromatic heterocycles. The number of anilines is 2. The molecule has 0 radical (unpaired) electrons. The Balaban J connectivity index is 1.78. The first-order chi connectivity index (χ1) is 16.2. The summed E-state index contributed by atoms with van der Waals surface area (Å²) < 4.78 is 0. The van der Waals surface area contributed by atoms with Crippen molar-refractivity contribution >= 4 is 29.1 Å². The third-order valence-electron chi connectivity index (χ3n) is 6.00. The zero-order chi connectivity index (χ0) is 24.6. The molecule has 0 bridgehead atoms. The van der Waals surface area contributed by atoms with Crippen molar-refractivity contribution in [2.75, 3.05) is 10.2 Å². The summed E-state index contributed by atoms with van der Waals surface area (Å²) in [6.45, 7) is 8.10. The molecule has 34 heavy (non-hydrogen) atoms. The highest BCUT2D eigenvalue weighted by Gasteiger charge is 2.41. The maximum absolute atomic E-state index is 13.7. The number of nitriles is 1. The molecular weight excluding hydrogens is 426 g/mol. The van der Waals surface area contributed by atoms with Gasteiger partial charge in [0.15, 0.2) is 0 Å². The zero-order valence-electron chi connectivity index (χ0n) is 19.5. The minimum atomic E-state index is -0.499. The molecule has 3 aromatic carbocycles. The van der Waals surface area contributed by atoms with Crippen molar-refractivity contribution in [3.8, 4) is 6.07 Å². The lowest BCUT2D eigenvalue weighted by Gasteiger charge is -2.25. The van der Waals surface area contributed by atoms with Gasteiger partial charge in [-0.05, 0) is 59.4 Å². The summed E-state index contributed by atoms with van der Waals surface area (Å²) >= 11 is 0. The van der Waals surface area contributed by atoms with Gasteiger partial charge in [0, 0.05) is 5.69 Å². The van der Waals surface area contributed by atoms with Crippen molar-refractivity contribution in [2.24, 2.45) is 0 Å². The number of fused-ring (bicyclic) bond motifs is 1. The summed E-state index contributed by atoms with van der Waals surface area (Å²) in [6.07, 6.45) is 0. The number of rotatable bonds is 5. The molecule has 0 fully saturated rings. The molecule has 0 saturated carbocycles. The number of hydrogen-bond donors (Lipinski definition) is 1. The molecule has 1 N–H and O–H groups in total. The Hall–Kier alpha value is -4.24. The third-order valence-corrected chi connectivity index (χ3v) is 6.00. The van der Waals surface area contributed by atoms with Gasteiger partial charge in [0.1, 0.15) is 0 Å². The second-order valence-electron chi connectivity index (χ2n) is 8.91. The maximum Gasteiger partial charge on any atom is 0.266 e. The number of benzene rings is 3. The van der Waals surface area contributed by atoms with Crippen LogP contribution < -0.4 is 10.2 Å². The molecule has 6 nitrogen and oxygen atoms in total. The fourth-order valence-electron chi connectivity index (χ4n) is 4.27. The van der Waals surface area contributed by atoms with Crippen LogP contribution in [-0.4, -0.2) is 17.7 Å². The maximum atomic E-state index is 13.7. The zero-order valence-corrected chi connectivity index (χ0v) is 19.5. The van der Waals surface area contributed by atoms with E-state index in [4.69, 9.17) is 5.26 Å². The molecule has 0 saturated heterocycles. The molecule has 3 aromatic rings. The van der Waals surface area contributed by atoms with E-state index in [1.807, 2.05) is 52.0 Å². The number of nitrogens with one attached hydrogen (secondary N) is 1. The van der Waals surface area contributed by atoms with Gasteiger partial charge < -0.3 is 5.32 Å². The van der Waals surface area contributed by atoms with Crippen LogP contribution in [0.25, 0.3) is 0 Å². The van der Waals surface area contributed by atoms with Crippen LogP contribution >= 0.6 is 0 Å². The second-order valence-corrected chi connectivity index (χ2v) is 8.91. The molecule has 1 heterocycles. The van der Waals surface area contributed by atoms with Gasteiger partial charge in [-0.2, -0.15) is 5.26 Å². The smallest absolute Gasteiger partial charge is 0.266 e. The Morgan fingerprint density at radius 3 is 2.00 bits per heavy atom. The largest absolute Gasteiger partial charge is 0.322 e. The van der Waals surface area contributed by atoms with E-state index in [1.54, 1.807) is 42.5 Å². The molecule has 3 amide bonds. The molecule has 0 aliphatic carbocycles. The first-order valence-electron chi connectivity index (χ1n) is 11.2. The average Bonchev–Trinajstić information content (AvgIpc) is 3.08. The highest BCUT2D eigenvalue weighted by atomic mass is 16.2. The van der Waals surface area contributed by atoms with Crippen LogP contribution in [0.5, 0.6) is 0 Å². The Kier molecular flexibility index (Phi) is 6.04. The number of nitrogens with zero attached hydrogens (tertiary/aromatic N) is 2. The molecular formula is C28H25N3O3. The predicted molar refractivity (Wildman–Crippen MR) is 131 cm³/mol. The Morgan fingerprint density at radius 2 is 1.44 bits per heavy atom. The number of para-hydroxylation sites is 1. The van der Waals surface area contributed by atoms with E-state index in [9.17, 15) is 14.4 Å². The topological polar surface area (TPSA) is 90.3 Å². The summed E-state index contributed by atoms with van der Waals surface area (Å²) in [4.78, 5) is 41.6. The molecule has 1 aliphatic rings. The van der Waals surface area contributed by atoms with Gasteiger partial charge >= 0.3 is 0 Å². The van der Waals surface area contributed by atoms with E-state index in [1.165, 1.54) is 4.90 Å². The van der Waals surface area contributed by atoms with Gasteiger partial charge in [0.2, 0.25) is 0 Å². The van der Waals surface area contributed by atoms with E-state index in [-0.39, 0.29) is 28.5 Å². The van der Waals surface area contributed by atoms with Gasteiger partial charge in [-0.25, -0.2) is 4.90 Å². The monoisotopic (exact) mass is 451 g/mol. The van der Waals surface area contributed by atoms with Gasteiger partial charge in [0.25, 0.3) is 17.7 Å². The van der Waals surface area contributed by atoms with Crippen molar-refractivity contribution in [1.82, 2.24) is 0 Å². The number of imide groups is 1. The van der Waals surface area contributed by atoms with Crippen LogP contribution in [0.15, 0.2) is 60.7 Å². The van der Waals surface area contributed by atoms with Crippen molar-refractivity contribution in [1.29, 1.82) is 5.26 Å². The molecule has 6 heteroatoms. The van der Waals surface area contributed by atoms with Crippen molar-refractivity contribution in [3.63, 3.8) is 0 Å². The molecule has 1 aliphatic heterocycles. The van der Waals surface area contributed by atoms with Crippen LogP contribution in [0.4, 0.5) is 11.4 Å².